The number of hydrogen-bond acceptors (Lipinski definition) is 2. The van der Waals surface area contributed by atoms with E-state index >= 15 is 0 Å². The molecule has 1 aliphatic carbocycles. The van der Waals surface area contributed by atoms with E-state index in [9.17, 15) is 10.1 Å². The molecule has 1 saturated carbocycles. The third-order valence-corrected chi connectivity index (χ3v) is 4.16. The summed E-state index contributed by atoms with van der Waals surface area (Å²) in [6, 6.07) is 8.47. The van der Waals surface area contributed by atoms with Crippen LogP contribution in [0.1, 0.15) is 48.8 Å². The van der Waals surface area contributed by atoms with Crippen molar-refractivity contribution >= 4 is 5.91 Å². The molecule has 106 valence electrons. The molecule has 1 fully saturated rings. The van der Waals surface area contributed by atoms with Crippen LogP contribution in [0.5, 0.6) is 0 Å². The molecule has 1 aliphatic rings. The van der Waals surface area contributed by atoms with Gasteiger partial charge in [-0.2, -0.15) is 5.26 Å². The molecular weight excluding hydrogens is 248 g/mol. The highest BCUT2D eigenvalue weighted by Crippen LogP contribution is 2.27. The lowest BCUT2D eigenvalue weighted by Gasteiger charge is -2.31. The van der Waals surface area contributed by atoms with Crippen molar-refractivity contribution in [1.82, 2.24) is 5.32 Å². The summed E-state index contributed by atoms with van der Waals surface area (Å²) in [5.74, 6) is -0.0397. The maximum Gasteiger partial charge on any atom is 0.225 e. The zero-order chi connectivity index (χ0) is 14.6. The number of aryl methyl sites for hydroxylation is 2. The second kappa shape index (κ2) is 6.09. The third-order valence-electron chi connectivity index (χ3n) is 4.16. The molecule has 0 radical (unpaired) electrons. The van der Waals surface area contributed by atoms with Gasteiger partial charge in [0.05, 0.1) is 12.5 Å². The molecule has 1 aromatic carbocycles. The lowest BCUT2D eigenvalue weighted by atomic mass is 9.82. The molecule has 1 aromatic rings. The van der Waals surface area contributed by atoms with Crippen LogP contribution in [0.3, 0.4) is 0 Å². The maximum absolute atomic E-state index is 12.2. The Bertz CT molecular complexity index is 536. The molecule has 0 aliphatic heterocycles. The summed E-state index contributed by atoms with van der Waals surface area (Å²) in [7, 11) is 0. The number of carbonyl (C=O) groups is 1. The number of hydrogen-bond donors (Lipinski definition) is 1. The van der Waals surface area contributed by atoms with E-state index < -0.39 is 5.54 Å². The Balaban J connectivity index is 2.05. The molecule has 0 aromatic heterocycles. The van der Waals surface area contributed by atoms with Crippen molar-refractivity contribution in [3.05, 3.63) is 34.9 Å². The quantitative estimate of drug-likeness (QED) is 0.917. The number of carbonyl (C=O) groups excluding carboxylic acids is 1. The molecule has 3 nitrogen and oxygen atoms in total. The molecule has 2 rings (SSSR count). The Morgan fingerprint density at radius 3 is 2.65 bits per heavy atom. The van der Waals surface area contributed by atoms with Crippen molar-refractivity contribution in [3.8, 4) is 6.07 Å². The average Bonchev–Trinajstić information content (AvgIpc) is 2.44. The average molecular weight is 270 g/mol. The Labute approximate surface area is 121 Å². The number of nitriles is 1. The van der Waals surface area contributed by atoms with Crippen molar-refractivity contribution in [2.75, 3.05) is 0 Å². The molecule has 0 bridgehead atoms. The second-order valence-corrected chi connectivity index (χ2v) is 5.91. The Hall–Kier alpha value is -1.82. The summed E-state index contributed by atoms with van der Waals surface area (Å²) in [5.41, 5.74) is 2.70. The van der Waals surface area contributed by atoms with Crippen LogP contribution in [-0.2, 0) is 11.2 Å². The lowest BCUT2D eigenvalue weighted by Crippen LogP contribution is -2.49. The monoisotopic (exact) mass is 270 g/mol. The molecule has 0 heterocycles. The summed E-state index contributed by atoms with van der Waals surface area (Å²) in [6.45, 7) is 4.04. The van der Waals surface area contributed by atoms with E-state index in [2.05, 4.69) is 23.5 Å². The highest BCUT2D eigenvalue weighted by molar-refractivity contribution is 5.80. The predicted molar refractivity (Wildman–Crippen MR) is 79.2 cm³/mol. The van der Waals surface area contributed by atoms with Gasteiger partial charge < -0.3 is 5.32 Å². The fraction of sp³-hybridized carbons (Fsp3) is 0.529. The Morgan fingerprint density at radius 1 is 1.30 bits per heavy atom. The van der Waals surface area contributed by atoms with Crippen molar-refractivity contribution in [3.63, 3.8) is 0 Å². The minimum atomic E-state index is -0.632. The van der Waals surface area contributed by atoms with Gasteiger partial charge >= 0.3 is 0 Å². The first-order valence-electron chi connectivity index (χ1n) is 7.33. The standard InChI is InChI=1S/C17H22N2O/c1-13-6-7-14(2)15(10-13)11-16(20)19-17(12-18)8-4-3-5-9-17/h6-7,10H,3-5,8-9,11H2,1-2H3,(H,19,20). The molecule has 0 saturated heterocycles. The van der Waals surface area contributed by atoms with Crippen molar-refractivity contribution in [1.29, 1.82) is 5.26 Å². The summed E-state index contributed by atoms with van der Waals surface area (Å²) in [6.07, 6.45) is 5.13. The lowest BCUT2D eigenvalue weighted by molar-refractivity contribution is -0.122. The van der Waals surface area contributed by atoms with E-state index in [1.54, 1.807) is 0 Å². The molecule has 0 spiro atoms. The molecule has 0 atom stereocenters. The molecule has 3 heteroatoms. The van der Waals surface area contributed by atoms with Gasteiger partial charge in [0.15, 0.2) is 0 Å². The highest BCUT2D eigenvalue weighted by atomic mass is 16.1. The van der Waals surface area contributed by atoms with Gasteiger partial charge in [-0.05, 0) is 37.8 Å². The van der Waals surface area contributed by atoms with E-state index in [1.807, 2.05) is 19.9 Å². The zero-order valence-corrected chi connectivity index (χ0v) is 12.3. The largest absolute Gasteiger partial charge is 0.338 e. The van der Waals surface area contributed by atoms with Crippen LogP contribution in [0.25, 0.3) is 0 Å². The highest BCUT2D eigenvalue weighted by Gasteiger charge is 2.33. The fourth-order valence-electron chi connectivity index (χ4n) is 2.89. The molecule has 1 N–H and O–H groups in total. The van der Waals surface area contributed by atoms with Crippen molar-refractivity contribution in [2.45, 2.75) is 57.9 Å². The zero-order valence-electron chi connectivity index (χ0n) is 12.3. The van der Waals surface area contributed by atoms with Crippen LogP contribution in [0.15, 0.2) is 18.2 Å². The van der Waals surface area contributed by atoms with Gasteiger partial charge in [-0.15, -0.1) is 0 Å². The van der Waals surface area contributed by atoms with E-state index in [4.69, 9.17) is 0 Å². The van der Waals surface area contributed by atoms with Crippen LogP contribution in [0.4, 0.5) is 0 Å². The Morgan fingerprint density at radius 2 is 2.00 bits per heavy atom. The van der Waals surface area contributed by atoms with Crippen molar-refractivity contribution < 1.29 is 4.79 Å². The van der Waals surface area contributed by atoms with Gasteiger partial charge in [0.2, 0.25) is 5.91 Å². The van der Waals surface area contributed by atoms with E-state index in [0.29, 0.717) is 6.42 Å². The first kappa shape index (κ1) is 14.6. The van der Waals surface area contributed by atoms with Crippen LogP contribution < -0.4 is 5.32 Å². The smallest absolute Gasteiger partial charge is 0.225 e. The second-order valence-electron chi connectivity index (χ2n) is 5.91. The first-order valence-corrected chi connectivity index (χ1v) is 7.33. The minimum absolute atomic E-state index is 0.0397. The molecule has 1 amide bonds. The number of amides is 1. The van der Waals surface area contributed by atoms with Crippen LogP contribution in [0.2, 0.25) is 0 Å². The van der Waals surface area contributed by atoms with E-state index in [-0.39, 0.29) is 5.91 Å². The normalized spacial score (nSPS) is 17.2. The van der Waals surface area contributed by atoms with Gasteiger partial charge in [-0.3, -0.25) is 4.79 Å². The topological polar surface area (TPSA) is 52.9 Å². The molecular formula is C17H22N2O. The van der Waals surface area contributed by atoms with Crippen LogP contribution in [-0.4, -0.2) is 11.4 Å². The minimum Gasteiger partial charge on any atom is -0.338 e. The summed E-state index contributed by atoms with van der Waals surface area (Å²) < 4.78 is 0. The van der Waals surface area contributed by atoms with E-state index in [0.717, 1.165) is 48.8 Å². The van der Waals surface area contributed by atoms with Gasteiger partial charge in [-0.25, -0.2) is 0 Å². The van der Waals surface area contributed by atoms with Gasteiger partial charge in [-0.1, -0.05) is 43.0 Å². The number of rotatable bonds is 3. The summed E-state index contributed by atoms with van der Waals surface area (Å²) in [5, 5.41) is 12.4. The number of benzene rings is 1. The first-order chi connectivity index (χ1) is 9.54. The van der Waals surface area contributed by atoms with Gasteiger partial charge in [0.1, 0.15) is 5.54 Å². The summed E-state index contributed by atoms with van der Waals surface area (Å²) >= 11 is 0. The predicted octanol–water partition coefficient (Wildman–Crippen LogP) is 3.19. The third kappa shape index (κ3) is 3.39. The molecule has 0 unspecified atom stereocenters. The van der Waals surface area contributed by atoms with E-state index in [1.165, 1.54) is 0 Å². The molecule has 20 heavy (non-hydrogen) atoms. The van der Waals surface area contributed by atoms with Gasteiger partial charge in [0, 0.05) is 0 Å². The number of nitrogens with one attached hydrogen (secondary N) is 1. The van der Waals surface area contributed by atoms with Crippen LogP contribution >= 0.6 is 0 Å². The fourth-order valence-corrected chi connectivity index (χ4v) is 2.89. The summed E-state index contributed by atoms with van der Waals surface area (Å²) in [4.78, 5) is 12.2. The maximum atomic E-state index is 12.2. The van der Waals surface area contributed by atoms with Crippen LogP contribution in [0, 0.1) is 25.2 Å². The van der Waals surface area contributed by atoms with Crippen molar-refractivity contribution in [2.24, 2.45) is 0 Å². The SMILES string of the molecule is Cc1ccc(C)c(CC(=O)NC2(C#N)CCCCC2)c1. The Kier molecular flexibility index (Phi) is 4.44. The number of nitrogens with zero attached hydrogens (tertiary/aromatic N) is 1. The van der Waals surface area contributed by atoms with Gasteiger partial charge in [0.25, 0.3) is 0 Å².